The van der Waals surface area contributed by atoms with Gasteiger partial charge in [0, 0.05) is 6.54 Å². The maximum absolute atomic E-state index is 12.0. The largest absolute Gasteiger partial charge is 0.491 e. The van der Waals surface area contributed by atoms with E-state index in [1.807, 2.05) is 48.5 Å². The van der Waals surface area contributed by atoms with Crippen molar-refractivity contribution in [3.05, 3.63) is 54.1 Å². The minimum absolute atomic E-state index is 0.0884. The van der Waals surface area contributed by atoms with E-state index in [1.54, 1.807) is 0 Å². The number of rotatable bonds is 8. The molecule has 0 aromatic heterocycles. The van der Waals surface area contributed by atoms with Crippen LogP contribution in [0.15, 0.2) is 48.5 Å². The summed E-state index contributed by atoms with van der Waals surface area (Å²) in [6.45, 7) is 0.739. The van der Waals surface area contributed by atoms with Crippen LogP contribution in [0, 0.1) is 5.92 Å². The van der Waals surface area contributed by atoms with Gasteiger partial charge >= 0.3 is 12.1 Å². The summed E-state index contributed by atoms with van der Waals surface area (Å²) in [5.41, 5.74) is 3.05. The van der Waals surface area contributed by atoms with Gasteiger partial charge < -0.3 is 24.8 Å². The summed E-state index contributed by atoms with van der Waals surface area (Å²) in [6.07, 6.45) is 0.171. The van der Waals surface area contributed by atoms with Gasteiger partial charge in [-0.2, -0.15) is 0 Å². The molecule has 2 atom stereocenters. The van der Waals surface area contributed by atoms with E-state index in [1.165, 1.54) is 14.2 Å². The van der Waals surface area contributed by atoms with Crippen LogP contribution < -0.4 is 15.4 Å². The highest BCUT2D eigenvalue weighted by Gasteiger charge is 2.34. The van der Waals surface area contributed by atoms with E-state index in [4.69, 9.17) is 4.74 Å². The summed E-state index contributed by atoms with van der Waals surface area (Å²) in [4.78, 5) is 34.5. The molecule has 0 aliphatic carbocycles. The predicted molar refractivity (Wildman–Crippen MR) is 113 cm³/mol. The molecule has 1 fully saturated rings. The molecule has 0 radical (unpaired) electrons. The third-order valence-corrected chi connectivity index (χ3v) is 5.14. The zero-order valence-corrected chi connectivity index (χ0v) is 17.6. The second-order valence-electron chi connectivity index (χ2n) is 7.30. The summed E-state index contributed by atoms with van der Waals surface area (Å²) in [5, 5.41) is 5.50. The number of esters is 1. The fraction of sp³-hybridized carbons (Fsp3) is 0.348. The first kappa shape index (κ1) is 22.1. The summed E-state index contributed by atoms with van der Waals surface area (Å²) in [5.74, 6) is -0.188. The van der Waals surface area contributed by atoms with E-state index in [2.05, 4.69) is 20.1 Å². The van der Waals surface area contributed by atoms with Gasteiger partial charge in [0.1, 0.15) is 12.4 Å². The number of benzene rings is 2. The Bertz CT molecular complexity index is 911. The number of amides is 2. The Labute approximate surface area is 180 Å². The summed E-state index contributed by atoms with van der Waals surface area (Å²) in [7, 11) is 2.65. The van der Waals surface area contributed by atoms with E-state index >= 15 is 0 Å². The molecule has 1 aliphatic heterocycles. The maximum Gasteiger partial charge on any atom is 0.407 e. The molecule has 0 saturated carbocycles. The molecule has 2 N–H and O–H groups in total. The number of nitrogens with one attached hydrogen (secondary N) is 2. The Morgan fingerprint density at radius 2 is 1.65 bits per heavy atom. The van der Waals surface area contributed by atoms with E-state index in [0.717, 1.165) is 16.7 Å². The lowest BCUT2D eigenvalue weighted by atomic mass is 10.0. The molecule has 2 amide bonds. The molecule has 1 saturated heterocycles. The molecule has 0 bridgehead atoms. The Morgan fingerprint density at radius 3 is 2.26 bits per heavy atom. The van der Waals surface area contributed by atoms with Crippen LogP contribution in [0.2, 0.25) is 0 Å². The third-order valence-electron chi connectivity index (χ3n) is 5.14. The molecule has 8 nitrogen and oxygen atoms in total. The lowest BCUT2D eigenvalue weighted by molar-refractivity contribution is -0.143. The van der Waals surface area contributed by atoms with Gasteiger partial charge in [0.15, 0.2) is 0 Å². The number of hydrogen-bond donors (Lipinski definition) is 2. The molecule has 8 heteroatoms. The first-order valence-electron chi connectivity index (χ1n) is 9.99. The Balaban J connectivity index is 1.50. The van der Waals surface area contributed by atoms with Gasteiger partial charge in [-0.05, 0) is 35.2 Å². The zero-order chi connectivity index (χ0) is 22.2. The van der Waals surface area contributed by atoms with Crippen LogP contribution in [-0.2, 0) is 25.6 Å². The van der Waals surface area contributed by atoms with E-state index in [9.17, 15) is 14.4 Å². The molecule has 2 aromatic rings. The molecule has 1 aliphatic rings. The highest BCUT2D eigenvalue weighted by atomic mass is 16.5. The third kappa shape index (κ3) is 6.21. The van der Waals surface area contributed by atoms with Crippen LogP contribution in [0.25, 0.3) is 11.1 Å². The van der Waals surface area contributed by atoms with E-state index in [0.29, 0.717) is 25.3 Å². The average Bonchev–Trinajstić information content (AvgIpc) is 3.15. The number of ether oxygens (including phenoxy) is 3. The smallest absolute Gasteiger partial charge is 0.407 e. The zero-order valence-electron chi connectivity index (χ0n) is 17.6. The minimum Gasteiger partial charge on any atom is -0.491 e. The van der Waals surface area contributed by atoms with Crippen molar-refractivity contribution >= 4 is 18.0 Å². The van der Waals surface area contributed by atoms with Crippen molar-refractivity contribution in [1.29, 1.82) is 0 Å². The maximum atomic E-state index is 12.0. The van der Waals surface area contributed by atoms with Crippen molar-refractivity contribution in [3.63, 3.8) is 0 Å². The highest BCUT2D eigenvalue weighted by Crippen LogP contribution is 2.24. The van der Waals surface area contributed by atoms with Crippen LogP contribution in [0.4, 0.5) is 4.79 Å². The van der Waals surface area contributed by atoms with E-state index < -0.39 is 6.09 Å². The van der Waals surface area contributed by atoms with Crippen molar-refractivity contribution in [3.8, 4) is 16.9 Å². The first-order chi connectivity index (χ1) is 15.0. The monoisotopic (exact) mass is 426 g/mol. The number of carbonyl (C=O) groups is 3. The van der Waals surface area contributed by atoms with Crippen molar-refractivity contribution in [2.45, 2.75) is 25.4 Å². The number of carbonyl (C=O) groups excluding carboxylic acids is 3. The van der Waals surface area contributed by atoms with Crippen LogP contribution in [-0.4, -0.2) is 44.8 Å². The SMILES string of the molecule is COC(=O)C[C@@H]1C[C@@H](COc2ccc(-c3ccc(CNC(=O)OC)cc3)cc2)NC1=O. The number of hydrogen-bond acceptors (Lipinski definition) is 6. The Kier molecular flexibility index (Phi) is 7.48. The Hall–Kier alpha value is -3.55. The molecule has 3 rings (SSSR count). The molecular weight excluding hydrogens is 400 g/mol. The standard InChI is InChI=1S/C23H26N2O6/c1-29-21(26)12-18-11-19(25-22(18)27)14-31-20-9-7-17(8-10-20)16-5-3-15(4-6-16)13-24-23(28)30-2/h3-10,18-19H,11-14H2,1-2H3,(H,24,28)(H,25,27)/t18-,19-/m0/s1. The van der Waals surface area contributed by atoms with Gasteiger partial charge in [-0.15, -0.1) is 0 Å². The fourth-order valence-electron chi connectivity index (χ4n) is 3.40. The van der Waals surface area contributed by atoms with Gasteiger partial charge in [0.25, 0.3) is 0 Å². The molecule has 31 heavy (non-hydrogen) atoms. The molecule has 2 aromatic carbocycles. The number of alkyl carbamates (subject to hydrolysis) is 1. The number of methoxy groups -OCH3 is 2. The highest BCUT2D eigenvalue weighted by molar-refractivity contribution is 5.85. The topological polar surface area (TPSA) is 103 Å². The molecule has 164 valence electrons. The van der Waals surface area contributed by atoms with Crippen LogP contribution in [0.1, 0.15) is 18.4 Å². The normalized spacial score (nSPS) is 17.5. The van der Waals surface area contributed by atoms with Crippen LogP contribution in [0.5, 0.6) is 5.75 Å². The minimum atomic E-state index is -0.462. The van der Waals surface area contributed by atoms with Crippen molar-refractivity contribution in [1.82, 2.24) is 10.6 Å². The lowest BCUT2D eigenvalue weighted by Crippen LogP contribution is -2.31. The average molecular weight is 426 g/mol. The Morgan fingerprint density at radius 1 is 1.00 bits per heavy atom. The summed E-state index contributed by atoms with van der Waals surface area (Å²) in [6, 6.07) is 15.4. The van der Waals surface area contributed by atoms with E-state index in [-0.39, 0.29) is 30.3 Å². The second kappa shape index (κ2) is 10.5. The van der Waals surface area contributed by atoms with Crippen molar-refractivity contribution in [2.75, 3.05) is 20.8 Å². The lowest BCUT2D eigenvalue weighted by Gasteiger charge is -2.12. The summed E-state index contributed by atoms with van der Waals surface area (Å²) >= 11 is 0. The molecular formula is C23H26N2O6. The van der Waals surface area contributed by atoms with Crippen molar-refractivity contribution < 1.29 is 28.6 Å². The molecule has 0 unspecified atom stereocenters. The van der Waals surface area contributed by atoms with Gasteiger partial charge in [-0.25, -0.2) is 4.79 Å². The van der Waals surface area contributed by atoms with Gasteiger partial charge in [0.05, 0.1) is 32.6 Å². The molecule has 1 heterocycles. The van der Waals surface area contributed by atoms with Crippen molar-refractivity contribution in [2.24, 2.45) is 5.92 Å². The molecule has 0 spiro atoms. The second-order valence-corrected chi connectivity index (χ2v) is 7.30. The fourth-order valence-corrected chi connectivity index (χ4v) is 3.40. The van der Waals surface area contributed by atoms with Crippen LogP contribution >= 0.6 is 0 Å². The predicted octanol–water partition coefficient (Wildman–Crippen LogP) is 2.66. The first-order valence-corrected chi connectivity index (χ1v) is 9.99. The van der Waals surface area contributed by atoms with Gasteiger partial charge in [-0.1, -0.05) is 36.4 Å². The summed E-state index contributed by atoms with van der Waals surface area (Å²) < 4.78 is 15.0. The van der Waals surface area contributed by atoms with Gasteiger partial charge in [0.2, 0.25) is 5.91 Å². The van der Waals surface area contributed by atoms with Gasteiger partial charge in [-0.3, -0.25) is 9.59 Å². The quantitative estimate of drug-likeness (QED) is 0.629. The van der Waals surface area contributed by atoms with Crippen LogP contribution in [0.3, 0.4) is 0 Å².